The molecule has 1 aromatic heterocycles. The van der Waals surface area contributed by atoms with Gasteiger partial charge in [-0.15, -0.1) is 0 Å². The number of hydrogen-bond donors (Lipinski definition) is 2. The summed E-state index contributed by atoms with van der Waals surface area (Å²) in [5.74, 6) is 0. The monoisotopic (exact) mass is 309 g/mol. The second kappa shape index (κ2) is 6.93. The van der Waals surface area contributed by atoms with Crippen LogP contribution in [0.5, 0.6) is 0 Å². The molecule has 0 saturated carbocycles. The van der Waals surface area contributed by atoms with Gasteiger partial charge in [-0.1, -0.05) is 36.2 Å². The van der Waals surface area contributed by atoms with E-state index in [2.05, 4.69) is 17.2 Å². The van der Waals surface area contributed by atoms with E-state index < -0.39 is 0 Å². The van der Waals surface area contributed by atoms with Gasteiger partial charge in [-0.05, 0) is 36.7 Å². The third-order valence-corrected chi connectivity index (χ3v) is 3.81. The minimum Gasteiger partial charge on any atom is -0.398 e. The quantitative estimate of drug-likeness (QED) is 0.875. The third kappa shape index (κ3) is 3.42. The van der Waals surface area contributed by atoms with Crippen molar-refractivity contribution in [1.82, 2.24) is 10.3 Å². The number of benzene rings is 1. The SMILES string of the molecule is CCCNC(c1ccc(Cl)c(Cl)c1)c1cnccc1N. The van der Waals surface area contributed by atoms with Crippen molar-refractivity contribution in [2.45, 2.75) is 19.4 Å². The Morgan fingerprint density at radius 2 is 2.05 bits per heavy atom. The molecule has 3 N–H and O–H groups in total. The first-order chi connectivity index (χ1) is 9.63. The summed E-state index contributed by atoms with van der Waals surface area (Å²) in [6.45, 7) is 2.99. The van der Waals surface area contributed by atoms with Crippen molar-refractivity contribution >= 4 is 28.9 Å². The van der Waals surface area contributed by atoms with Crippen molar-refractivity contribution in [2.24, 2.45) is 0 Å². The van der Waals surface area contributed by atoms with E-state index in [4.69, 9.17) is 28.9 Å². The van der Waals surface area contributed by atoms with Gasteiger partial charge < -0.3 is 11.1 Å². The Hall–Kier alpha value is -1.29. The van der Waals surface area contributed by atoms with Crippen LogP contribution in [0, 0.1) is 0 Å². The summed E-state index contributed by atoms with van der Waals surface area (Å²) in [7, 11) is 0. The lowest BCUT2D eigenvalue weighted by Crippen LogP contribution is -2.24. The summed E-state index contributed by atoms with van der Waals surface area (Å²) in [6, 6.07) is 7.37. The number of nitrogens with zero attached hydrogens (tertiary/aromatic N) is 1. The van der Waals surface area contributed by atoms with Crippen LogP contribution in [-0.4, -0.2) is 11.5 Å². The zero-order valence-electron chi connectivity index (χ0n) is 11.2. The Labute approximate surface area is 129 Å². The minimum absolute atomic E-state index is 0.0431. The van der Waals surface area contributed by atoms with Crippen LogP contribution in [0.3, 0.4) is 0 Å². The molecule has 1 aromatic carbocycles. The topological polar surface area (TPSA) is 50.9 Å². The summed E-state index contributed by atoms with van der Waals surface area (Å²) < 4.78 is 0. The van der Waals surface area contributed by atoms with Gasteiger partial charge in [0.15, 0.2) is 0 Å². The third-order valence-electron chi connectivity index (χ3n) is 3.07. The average Bonchev–Trinajstić information content (AvgIpc) is 2.44. The van der Waals surface area contributed by atoms with Crippen LogP contribution in [0.1, 0.15) is 30.5 Å². The predicted octanol–water partition coefficient (Wildman–Crippen LogP) is 4.06. The van der Waals surface area contributed by atoms with Crippen LogP contribution in [0.4, 0.5) is 5.69 Å². The van der Waals surface area contributed by atoms with E-state index >= 15 is 0 Å². The lowest BCUT2D eigenvalue weighted by Gasteiger charge is -2.21. The zero-order valence-corrected chi connectivity index (χ0v) is 12.7. The van der Waals surface area contributed by atoms with E-state index in [-0.39, 0.29) is 6.04 Å². The van der Waals surface area contributed by atoms with Gasteiger partial charge in [0.05, 0.1) is 16.1 Å². The van der Waals surface area contributed by atoms with Crippen LogP contribution < -0.4 is 11.1 Å². The summed E-state index contributed by atoms with van der Waals surface area (Å²) in [5.41, 5.74) is 8.73. The van der Waals surface area contributed by atoms with Crippen molar-refractivity contribution < 1.29 is 0 Å². The largest absolute Gasteiger partial charge is 0.398 e. The van der Waals surface area contributed by atoms with Crippen molar-refractivity contribution in [3.8, 4) is 0 Å². The van der Waals surface area contributed by atoms with Crippen LogP contribution in [-0.2, 0) is 0 Å². The molecule has 0 bridgehead atoms. The van der Waals surface area contributed by atoms with Gasteiger partial charge in [-0.25, -0.2) is 0 Å². The van der Waals surface area contributed by atoms with Crippen molar-refractivity contribution in [3.05, 3.63) is 57.8 Å². The zero-order chi connectivity index (χ0) is 14.5. The molecule has 1 unspecified atom stereocenters. The van der Waals surface area contributed by atoms with Crippen LogP contribution in [0.25, 0.3) is 0 Å². The molecule has 0 amide bonds. The summed E-state index contributed by atoms with van der Waals surface area (Å²) >= 11 is 12.1. The Bertz CT molecular complexity index is 587. The minimum atomic E-state index is -0.0431. The Balaban J connectivity index is 2.41. The molecule has 0 aliphatic rings. The molecule has 106 valence electrons. The molecule has 0 fully saturated rings. The number of rotatable bonds is 5. The van der Waals surface area contributed by atoms with Gasteiger partial charge >= 0.3 is 0 Å². The fraction of sp³-hybridized carbons (Fsp3) is 0.267. The van der Waals surface area contributed by atoms with E-state index in [0.29, 0.717) is 15.7 Å². The first-order valence-corrected chi connectivity index (χ1v) is 7.26. The van der Waals surface area contributed by atoms with Gasteiger partial charge in [0.1, 0.15) is 0 Å². The molecule has 1 atom stereocenters. The second-order valence-electron chi connectivity index (χ2n) is 4.57. The van der Waals surface area contributed by atoms with Gasteiger partial charge in [0, 0.05) is 23.6 Å². The van der Waals surface area contributed by atoms with E-state index in [9.17, 15) is 0 Å². The molecule has 0 aliphatic carbocycles. The van der Waals surface area contributed by atoms with E-state index in [0.717, 1.165) is 24.1 Å². The summed E-state index contributed by atoms with van der Waals surface area (Å²) in [5, 5.41) is 4.55. The molecule has 2 rings (SSSR count). The molecule has 20 heavy (non-hydrogen) atoms. The Kier molecular flexibility index (Phi) is 5.24. The van der Waals surface area contributed by atoms with Crippen LogP contribution >= 0.6 is 23.2 Å². The first kappa shape index (κ1) is 15.1. The van der Waals surface area contributed by atoms with Crippen molar-refractivity contribution in [3.63, 3.8) is 0 Å². The fourth-order valence-corrected chi connectivity index (χ4v) is 2.35. The molecular weight excluding hydrogens is 293 g/mol. The highest BCUT2D eigenvalue weighted by atomic mass is 35.5. The van der Waals surface area contributed by atoms with E-state index in [1.54, 1.807) is 24.5 Å². The highest BCUT2D eigenvalue weighted by Gasteiger charge is 2.17. The first-order valence-electron chi connectivity index (χ1n) is 6.51. The van der Waals surface area contributed by atoms with Crippen molar-refractivity contribution in [1.29, 1.82) is 0 Å². The predicted molar refractivity (Wildman–Crippen MR) is 85.2 cm³/mol. The molecule has 0 radical (unpaired) electrons. The van der Waals surface area contributed by atoms with Gasteiger partial charge in [0.25, 0.3) is 0 Å². The van der Waals surface area contributed by atoms with Gasteiger partial charge in [-0.2, -0.15) is 0 Å². The molecule has 0 saturated heterocycles. The van der Waals surface area contributed by atoms with Crippen molar-refractivity contribution in [2.75, 3.05) is 12.3 Å². The lowest BCUT2D eigenvalue weighted by atomic mass is 9.98. The molecule has 1 heterocycles. The van der Waals surface area contributed by atoms with Gasteiger partial charge in [0.2, 0.25) is 0 Å². The number of nitrogens with two attached hydrogens (primary N) is 1. The maximum Gasteiger partial charge on any atom is 0.0613 e. The van der Waals surface area contributed by atoms with Crippen LogP contribution in [0.2, 0.25) is 10.0 Å². The van der Waals surface area contributed by atoms with Crippen LogP contribution in [0.15, 0.2) is 36.7 Å². The number of pyridine rings is 1. The Morgan fingerprint density at radius 1 is 1.25 bits per heavy atom. The van der Waals surface area contributed by atoms with Gasteiger partial charge in [-0.3, -0.25) is 4.98 Å². The number of nitrogens with one attached hydrogen (secondary N) is 1. The van der Waals surface area contributed by atoms with E-state index in [1.807, 2.05) is 12.1 Å². The highest BCUT2D eigenvalue weighted by Crippen LogP contribution is 2.30. The molecule has 5 heteroatoms. The molecule has 0 spiro atoms. The molecular formula is C15H17Cl2N3. The normalized spacial score (nSPS) is 12.3. The number of halogens is 2. The smallest absolute Gasteiger partial charge is 0.0613 e. The average molecular weight is 310 g/mol. The second-order valence-corrected chi connectivity index (χ2v) is 5.38. The number of hydrogen-bond acceptors (Lipinski definition) is 3. The molecule has 2 aromatic rings. The molecule has 3 nitrogen and oxygen atoms in total. The standard InChI is InChI=1S/C15H17Cl2N3/c1-2-6-20-15(11-9-19-7-5-14(11)18)10-3-4-12(16)13(17)8-10/h3-5,7-9,15,20H,2,6H2,1H3,(H2,18,19). The number of anilines is 1. The lowest BCUT2D eigenvalue weighted by molar-refractivity contribution is 0.598. The molecule has 0 aliphatic heterocycles. The fourth-order valence-electron chi connectivity index (χ4n) is 2.05. The van der Waals surface area contributed by atoms with E-state index in [1.165, 1.54) is 0 Å². The summed E-state index contributed by atoms with van der Waals surface area (Å²) in [4.78, 5) is 4.16. The number of aromatic nitrogens is 1. The number of nitrogen functional groups attached to an aromatic ring is 1. The Morgan fingerprint density at radius 3 is 2.70 bits per heavy atom. The maximum absolute atomic E-state index is 6.11. The highest BCUT2D eigenvalue weighted by molar-refractivity contribution is 6.42. The maximum atomic E-state index is 6.11. The summed E-state index contributed by atoms with van der Waals surface area (Å²) in [6.07, 6.45) is 4.49.